The Hall–Kier alpha value is -2.26. The zero-order valence-electron chi connectivity index (χ0n) is 12.3. The van der Waals surface area contributed by atoms with Crippen LogP contribution in [0.25, 0.3) is 0 Å². The van der Waals surface area contributed by atoms with E-state index < -0.39 is 17.6 Å². The first-order valence-corrected chi connectivity index (χ1v) is 7.75. The van der Waals surface area contributed by atoms with Gasteiger partial charge in [-0.3, -0.25) is 4.79 Å². The van der Waals surface area contributed by atoms with Gasteiger partial charge in [-0.05, 0) is 42.6 Å². The van der Waals surface area contributed by atoms with Crippen LogP contribution in [0.3, 0.4) is 0 Å². The topological polar surface area (TPSA) is 29.1 Å². The molecule has 1 aromatic heterocycles. The molecule has 0 aliphatic rings. The minimum atomic E-state index is -4.37. The average molecular weight is 337 g/mol. The van der Waals surface area contributed by atoms with Crippen molar-refractivity contribution in [3.63, 3.8) is 0 Å². The minimum Gasteiger partial charge on any atom is -0.342 e. The Morgan fingerprint density at radius 1 is 1.26 bits per heavy atom. The molecular weight excluding hydrogens is 323 g/mol. The molecule has 6 heteroatoms. The van der Waals surface area contributed by atoms with E-state index in [1.165, 1.54) is 12.1 Å². The molecule has 2 rings (SSSR count). The van der Waals surface area contributed by atoms with E-state index in [1.54, 1.807) is 11.3 Å². The number of carbonyl (C=O) groups excluding carboxylic acids is 1. The maximum atomic E-state index is 12.4. The minimum absolute atomic E-state index is 0.0666. The van der Waals surface area contributed by atoms with Crippen LogP contribution in [-0.4, -0.2) is 11.9 Å². The van der Waals surface area contributed by atoms with E-state index in [1.807, 2.05) is 24.4 Å². The molecular formula is C17H14F3NOS. The standard InChI is InChI=1S/C17H14F3NOS/c1-12(11-15-3-2-10-23-15)21-16(22)9-6-13-4-7-14(8-5-13)17(18,19)20/h2-5,7-8,10,12H,11H2,1H3,(H,21,22)/t12-/m1/s1. The lowest BCUT2D eigenvalue weighted by Gasteiger charge is -2.09. The van der Waals surface area contributed by atoms with Crippen LogP contribution in [0.5, 0.6) is 0 Å². The van der Waals surface area contributed by atoms with Gasteiger partial charge in [0, 0.05) is 28.8 Å². The van der Waals surface area contributed by atoms with Gasteiger partial charge in [0.25, 0.3) is 5.91 Å². The summed E-state index contributed by atoms with van der Waals surface area (Å²) >= 11 is 1.61. The lowest BCUT2D eigenvalue weighted by Crippen LogP contribution is -2.32. The third-order valence-corrected chi connectivity index (χ3v) is 3.90. The summed E-state index contributed by atoms with van der Waals surface area (Å²) in [5, 5.41) is 4.70. The summed E-state index contributed by atoms with van der Waals surface area (Å²) in [7, 11) is 0. The summed E-state index contributed by atoms with van der Waals surface area (Å²) in [4.78, 5) is 12.9. The molecule has 1 heterocycles. The van der Waals surface area contributed by atoms with E-state index in [2.05, 4.69) is 17.2 Å². The molecule has 0 aliphatic heterocycles. The van der Waals surface area contributed by atoms with Gasteiger partial charge >= 0.3 is 6.18 Å². The molecule has 0 saturated carbocycles. The molecule has 1 atom stereocenters. The molecule has 1 amide bonds. The van der Waals surface area contributed by atoms with E-state index in [9.17, 15) is 18.0 Å². The molecule has 0 aliphatic carbocycles. The van der Waals surface area contributed by atoms with Crippen molar-refractivity contribution < 1.29 is 18.0 Å². The Bertz CT molecular complexity index is 709. The van der Waals surface area contributed by atoms with E-state index in [0.29, 0.717) is 12.0 Å². The Labute approximate surface area is 136 Å². The van der Waals surface area contributed by atoms with Crippen LogP contribution in [0.2, 0.25) is 0 Å². The van der Waals surface area contributed by atoms with Crippen LogP contribution in [0.15, 0.2) is 41.8 Å². The molecule has 0 saturated heterocycles. The molecule has 120 valence electrons. The second-order valence-corrected chi connectivity index (χ2v) is 6.02. The average Bonchev–Trinajstić information content (AvgIpc) is 2.97. The Morgan fingerprint density at radius 2 is 1.96 bits per heavy atom. The fraction of sp³-hybridized carbons (Fsp3) is 0.235. The number of hydrogen-bond acceptors (Lipinski definition) is 2. The van der Waals surface area contributed by atoms with Crippen LogP contribution < -0.4 is 5.32 Å². The van der Waals surface area contributed by atoms with Crippen LogP contribution >= 0.6 is 11.3 Å². The Balaban J connectivity index is 1.91. The molecule has 0 spiro atoms. The second-order valence-electron chi connectivity index (χ2n) is 4.98. The highest BCUT2D eigenvalue weighted by atomic mass is 32.1. The van der Waals surface area contributed by atoms with Crippen molar-refractivity contribution in [2.24, 2.45) is 0 Å². The molecule has 0 bridgehead atoms. The fourth-order valence-corrected chi connectivity index (χ4v) is 2.75. The lowest BCUT2D eigenvalue weighted by atomic mass is 10.1. The van der Waals surface area contributed by atoms with E-state index >= 15 is 0 Å². The van der Waals surface area contributed by atoms with Crippen molar-refractivity contribution in [2.45, 2.75) is 25.6 Å². The quantitative estimate of drug-likeness (QED) is 0.847. The van der Waals surface area contributed by atoms with E-state index in [-0.39, 0.29) is 6.04 Å². The highest BCUT2D eigenvalue weighted by Gasteiger charge is 2.29. The molecule has 0 radical (unpaired) electrons. The van der Waals surface area contributed by atoms with E-state index in [4.69, 9.17) is 0 Å². The van der Waals surface area contributed by atoms with Gasteiger partial charge in [0.15, 0.2) is 0 Å². The van der Waals surface area contributed by atoms with Gasteiger partial charge in [0.05, 0.1) is 5.56 Å². The first kappa shape index (κ1) is 17.1. The number of nitrogens with one attached hydrogen (secondary N) is 1. The molecule has 0 fully saturated rings. The number of halogens is 3. The van der Waals surface area contributed by atoms with Crippen molar-refractivity contribution >= 4 is 17.2 Å². The summed E-state index contributed by atoms with van der Waals surface area (Å²) in [6.07, 6.45) is -3.66. The monoisotopic (exact) mass is 337 g/mol. The molecule has 1 aromatic carbocycles. The maximum absolute atomic E-state index is 12.4. The summed E-state index contributed by atoms with van der Waals surface area (Å²) in [5.74, 6) is 4.50. The summed E-state index contributed by atoms with van der Waals surface area (Å²) < 4.78 is 37.3. The largest absolute Gasteiger partial charge is 0.416 e. The SMILES string of the molecule is C[C@H](Cc1cccs1)NC(=O)C#Cc1ccc(C(F)(F)F)cc1. The number of thiophene rings is 1. The van der Waals surface area contributed by atoms with Crippen molar-refractivity contribution in [1.82, 2.24) is 5.32 Å². The fourth-order valence-electron chi connectivity index (χ4n) is 1.91. The van der Waals surface area contributed by atoms with Gasteiger partial charge in [-0.25, -0.2) is 0 Å². The van der Waals surface area contributed by atoms with Crippen molar-refractivity contribution in [3.05, 3.63) is 57.8 Å². The molecule has 0 unspecified atom stereocenters. The van der Waals surface area contributed by atoms with Gasteiger partial charge in [0.1, 0.15) is 0 Å². The number of benzene rings is 1. The van der Waals surface area contributed by atoms with Crippen LogP contribution in [0.4, 0.5) is 13.2 Å². The molecule has 2 nitrogen and oxygen atoms in total. The van der Waals surface area contributed by atoms with Crippen LogP contribution in [0, 0.1) is 11.8 Å². The molecule has 1 N–H and O–H groups in total. The van der Waals surface area contributed by atoms with Crippen molar-refractivity contribution in [2.75, 3.05) is 0 Å². The van der Waals surface area contributed by atoms with Gasteiger partial charge in [-0.15, -0.1) is 11.3 Å². The zero-order valence-corrected chi connectivity index (χ0v) is 13.1. The van der Waals surface area contributed by atoms with Gasteiger partial charge in [0.2, 0.25) is 0 Å². The van der Waals surface area contributed by atoms with Gasteiger partial charge in [-0.2, -0.15) is 13.2 Å². The normalized spacial score (nSPS) is 12.2. The number of amides is 1. The second kappa shape index (κ2) is 7.34. The number of carbonyl (C=O) groups is 1. The van der Waals surface area contributed by atoms with Gasteiger partial charge in [-0.1, -0.05) is 12.0 Å². The highest BCUT2D eigenvalue weighted by molar-refractivity contribution is 7.09. The van der Waals surface area contributed by atoms with Gasteiger partial charge < -0.3 is 5.32 Å². The number of rotatable bonds is 3. The summed E-state index contributed by atoms with van der Waals surface area (Å²) in [5.41, 5.74) is -0.379. The third-order valence-electron chi connectivity index (χ3n) is 3.00. The number of hydrogen-bond donors (Lipinski definition) is 1. The first-order chi connectivity index (χ1) is 10.8. The molecule has 23 heavy (non-hydrogen) atoms. The lowest BCUT2D eigenvalue weighted by molar-refractivity contribution is -0.137. The molecule has 2 aromatic rings. The highest BCUT2D eigenvalue weighted by Crippen LogP contribution is 2.28. The predicted octanol–water partition coefficient (Wildman–Crippen LogP) is 3.87. The van der Waals surface area contributed by atoms with Crippen molar-refractivity contribution in [1.29, 1.82) is 0 Å². The predicted molar refractivity (Wildman–Crippen MR) is 83.9 cm³/mol. The Morgan fingerprint density at radius 3 is 2.52 bits per heavy atom. The Kier molecular flexibility index (Phi) is 5.45. The summed E-state index contributed by atoms with van der Waals surface area (Å²) in [6, 6.07) is 8.25. The maximum Gasteiger partial charge on any atom is 0.416 e. The summed E-state index contributed by atoms with van der Waals surface area (Å²) in [6.45, 7) is 1.87. The van der Waals surface area contributed by atoms with Crippen molar-refractivity contribution in [3.8, 4) is 11.8 Å². The van der Waals surface area contributed by atoms with E-state index in [0.717, 1.165) is 17.0 Å². The number of alkyl halides is 3. The van der Waals surface area contributed by atoms with Crippen LogP contribution in [-0.2, 0) is 17.4 Å². The smallest absolute Gasteiger partial charge is 0.342 e. The zero-order chi connectivity index (χ0) is 16.9. The first-order valence-electron chi connectivity index (χ1n) is 6.87. The van der Waals surface area contributed by atoms with Crippen LogP contribution in [0.1, 0.15) is 22.9 Å². The third kappa shape index (κ3) is 5.46.